The van der Waals surface area contributed by atoms with E-state index in [2.05, 4.69) is 19.2 Å². The maximum atomic E-state index is 12.5. The van der Waals surface area contributed by atoms with E-state index in [0.29, 0.717) is 19.1 Å². The Morgan fingerprint density at radius 2 is 2.17 bits per heavy atom. The number of carbonyl (C=O) groups is 1. The van der Waals surface area contributed by atoms with Crippen LogP contribution in [-0.2, 0) is 9.53 Å². The number of nitrogens with one attached hydrogen (secondary N) is 1. The van der Waals surface area contributed by atoms with Crippen LogP contribution in [0, 0.1) is 5.92 Å². The molecule has 1 N–H and O–H groups in total. The van der Waals surface area contributed by atoms with Crippen LogP contribution in [0.3, 0.4) is 0 Å². The molecule has 0 saturated carbocycles. The summed E-state index contributed by atoms with van der Waals surface area (Å²) in [5.41, 5.74) is 0. The number of methoxy groups -OCH3 is 1. The molecule has 0 spiro atoms. The molecule has 0 aromatic rings. The van der Waals surface area contributed by atoms with E-state index in [1.807, 2.05) is 4.90 Å². The Labute approximate surface area is 111 Å². The van der Waals surface area contributed by atoms with Crippen LogP contribution in [0.15, 0.2) is 0 Å². The van der Waals surface area contributed by atoms with Crippen molar-refractivity contribution >= 4 is 5.91 Å². The predicted octanol–water partition coefficient (Wildman–Crippen LogP) is 1.65. The van der Waals surface area contributed by atoms with E-state index in [1.165, 1.54) is 12.8 Å². The predicted molar refractivity (Wildman–Crippen MR) is 73.6 cm³/mol. The van der Waals surface area contributed by atoms with Gasteiger partial charge in [0.1, 0.15) is 0 Å². The maximum Gasteiger partial charge on any atom is 0.239 e. The second-order valence-electron chi connectivity index (χ2n) is 5.53. The minimum atomic E-state index is 0.0168. The topological polar surface area (TPSA) is 41.6 Å². The lowest BCUT2D eigenvalue weighted by Gasteiger charge is -2.28. The average Bonchev–Trinajstić information content (AvgIpc) is 2.61. The summed E-state index contributed by atoms with van der Waals surface area (Å²) in [6.07, 6.45) is 4.55. The van der Waals surface area contributed by atoms with Gasteiger partial charge in [0.15, 0.2) is 0 Å². The molecule has 0 radical (unpaired) electrons. The normalized spacial score (nSPS) is 20.8. The lowest BCUT2D eigenvalue weighted by Crippen LogP contribution is -2.48. The van der Waals surface area contributed by atoms with E-state index in [4.69, 9.17) is 4.74 Å². The molecule has 0 aromatic carbocycles. The van der Waals surface area contributed by atoms with Crippen molar-refractivity contribution in [3.05, 3.63) is 0 Å². The fourth-order valence-corrected chi connectivity index (χ4v) is 2.39. The highest BCUT2D eigenvalue weighted by molar-refractivity contribution is 5.82. The smallest absolute Gasteiger partial charge is 0.239 e. The van der Waals surface area contributed by atoms with Crippen LogP contribution in [0.4, 0.5) is 0 Å². The van der Waals surface area contributed by atoms with Gasteiger partial charge >= 0.3 is 0 Å². The van der Waals surface area contributed by atoms with E-state index in [9.17, 15) is 4.79 Å². The van der Waals surface area contributed by atoms with E-state index in [1.54, 1.807) is 7.11 Å². The second kappa shape index (κ2) is 8.48. The van der Waals surface area contributed by atoms with Gasteiger partial charge in [0.25, 0.3) is 0 Å². The van der Waals surface area contributed by atoms with Gasteiger partial charge in [-0.05, 0) is 25.3 Å². The fourth-order valence-electron chi connectivity index (χ4n) is 2.39. The van der Waals surface area contributed by atoms with Crippen molar-refractivity contribution < 1.29 is 9.53 Å². The van der Waals surface area contributed by atoms with Crippen molar-refractivity contribution in [1.82, 2.24) is 10.2 Å². The highest BCUT2D eigenvalue weighted by Gasteiger charge is 2.24. The highest BCUT2D eigenvalue weighted by atomic mass is 16.5. The van der Waals surface area contributed by atoms with Crippen molar-refractivity contribution in [2.75, 3.05) is 33.4 Å². The molecule has 1 amide bonds. The third-order valence-electron chi connectivity index (χ3n) is 3.32. The molecule has 1 unspecified atom stereocenters. The molecular formula is C14H28N2O2. The lowest BCUT2D eigenvalue weighted by molar-refractivity contribution is -0.134. The Balaban J connectivity index is 2.54. The summed E-state index contributed by atoms with van der Waals surface area (Å²) in [4.78, 5) is 14.5. The zero-order valence-corrected chi connectivity index (χ0v) is 12.1. The summed E-state index contributed by atoms with van der Waals surface area (Å²) in [5.74, 6) is 0.749. The van der Waals surface area contributed by atoms with Crippen LogP contribution in [0.25, 0.3) is 0 Å². The Hall–Kier alpha value is -0.610. The zero-order valence-electron chi connectivity index (χ0n) is 12.1. The van der Waals surface area contributed by atoms with Crippen molar-refractivity contribution in [3.8, 4) is 0 Å². The summed E-state index contributed by atoms with van der Waals surface area (Å²) in [7, 11) is 1.68. The number of carbonyl (C=O) groups excluding carboxylic acids is 1. The van der Waals surface area contributed by atoms with E-state index in [0.717, 1.165) is 25.9 Å². The molecule has 1 heterocycles. The fraction of sp³-hybridized carbons (Fsp3) is 0.929. The molecular weight excluding hydrogens is 228 g/mol. The molecule has 106 valence electrons. The van der Waals surface area contributed by atoms with Crippen LogP contribution >= 0.6 is 0 Å². The molecule has 0 aromatic heterocycles. The summed E-state index contributed by atoms with van der Waals surface area (Å²) < 4.78 is 5.10. The number of ether oxygens (including phenoxy) is 1. The monoisotopic (exact) mass is 256 g/mol. The first-order valence-corrected chi connectivity index (χ1v) is 7.16. The lowest BCUT2D eigenvalue weighted by atomic mass is 10.1. The van der Waals surface area contributed by atoms with Crippen LogP contribution in [0.2, 0.25) is 0 Å². The van der Waals surface area contributed by atoms with Gasteiger partial charge in [-0.1, -0.05) is 26.7 Å². The molecule has 1 aliphatic rings. The number of rotatable bonds is 6. The molecule has 18 heavy (non-hydrogen) atoms. The standard InChI is InChI=1S/C14H28N2O2/c1-12(2)11-16(9-10-18-3)14(17)13-7-5-4-6-8-15-13/h12-13,15H,4-11H2,1-3H3. The van der Waals surface area contributed by atoms with E-state index < -0.39 is 0 Å². The third-order valence-corrected chi connectivity index (χ3v) is 3.32. The van der Waals surface area contributed by atoms with Crippen molar-refractivity contribution in [2.24, 2.45) is 5.92 Å². The quantitative estimate of drug-likeness (QED) is 0.785. The van der Waals surface area contributed by atoms with Crippen LogP contribution < -0.4 is 5.32 Å². The number of hydrogen-bond acceptors (Lipinski definition) is 3. The SMILES string of the molecule is COCCN(CC(C)C)C(=O)C1CCCCCN1. The van der Waals surface area contributed by atoms with Crippen molar-refractivity contribution in [3.63, 3.8) is 0 Å². The zero-order chi connectivity index (χ0) is 13.4. The Kier molecular flexibility index (Phi) is 7.28. The first-order chi connectivity index (χ1) is 8.65. The van der Waals surface area contributed by atoms with Gasteiger partial charge in [-0.2, -0.15) is 0 Å². The molecule has 4 nitrogen and oxygen atoms in total. The van der Waals surface area contributed by atoms with Gasteiger partial charge in [-0.3, -0.25) is 4.79 Å². The Morgan fingerprint density at radius 1 is 1.39 bits per heavy atom. The summed E-state index contributed by atoms with van der Waals surface area (Å²) >= 11 is 0. The highest BCUT2D eigenvalue weighted by Crippen LogP contribution is 2.12. The van der Waals surface area contributed by atoms with Gasteiger partial charge in [-0.25, -0.2) is 0 Å². The summed E-state index contributed by atoms with van der Waals surface area (Å²) in [6, 6.07) is 0.0168. The largest absolute Gasteiger partial charge is 0.383 e. The molecule has 1 fully saturated rings. The first kappa shape index (κ1) is 15.4. The van der Waals surface area contributed by atoms with Crippen LogP contribution in [0.1, 0.15) is 39.5 Å². The van der Waals surface area contributed by atoms with E-state index >= 15 is 0 Å². The molecule has 4 heteroatoms. The van der Waals surface area contributed by atoms with E-state index in [-0.39, 0.29) is 11.9 Å². The Bertz CT molecular complexity index is 236. The number of amides is 1. The van der Waals surface area contributed by atoms with Crippen molar-refractivity contribution in [1.29, 1.82) is 0 Å². The minimum Gasteiger partial charge on any atom is -0.383 e. The molecule has 1 saturated heterocycles. The molecule has 1 aliphatic heterocycles. The van der Waals surface area contributed by atoms with Gasteiger partial charge in [0.05, 0.1) is 12.6 Å². The Morgan fingerprint density at radius 3 is 2.83 bits per heavy atom. The molecule has 1 atom stereocenters. The number of hydrogen-bond donors (Lipinski definition) is 1. The second-order valence-corrected chi connectivity index (χ2v) is 5.53. The molecule has 0 bridgehead atoms. The minimum absolute atomic E-state index is 0.0168. The van der Waals surface area contributed by atoms with Crippen molar-refractivity contribution in [2.45, 2.75) is 45.6 Å². The van der Waals surface area contributed by atoms with Crippen LogP contribution in [0.5, 0.6) is 0 Å². The summed E-state index contributed by atoms with van der Waals surface area (Å²) in [6.45, 7) is 7.40. The van der Waals surface area contributed by atoms with Gasteiger partial charge in [0.2, 0.25) is 5.91 Å². The average molecular weight is 256 g/mol. The molecule has 0 aliphatic carbocycles. The van der Waals surface area contributed by atoms with Gasteiger partial charge in [0, 0.05) is 20.2 Å². The number of nitrogens with zero attached hydrogens (tertiary/aromatic N) is 1. The molecule has 1 rings (SSSR count). The maximum absolute atomic E-state index is 12.5. The van der Waals surface area contributed by atoms with Gasteiger partial charge in [-0.15, -0.1) is 0 Å². The van der Waals surface area contributed by atoms with Gasteiger partial charge < -0.3 is 15.0 Å². The summed E-state index contributed by atoms with van der Waals surface area (Å²) in [5, 5.41) is 3.38. The third kappa shape index (κ3) is 5.36. The van der Waals surface area contributed by atoms with Crippen LogP contribution in [-0.4, -0.2) is 50.2 Å². The first-order valence-electron chi connectivity index (χ1n) is 7.16.